The minimum Gasteiger partial charge on any atom is -0.368 e. The van der Waals surface area contributed by atoms with E-state index in [-0.39, 0.29) is 5.15 Å². The van der Waals surface area contributed by atoms with Gasteiger partial charge in [0.2, 0.25) is 0 Å². The summed E-state index contributed by atoms with van der Waals surface area (Å²) in [7, 11) is 0. The predicted octanol–water partition coefficient (Wildman–Crippen LogP) is 2.15. The Hall–Kier alpha value is -1.20. The maximum Gasteiger partial charge on any atom is 0.156 e. The lowest BCUT2D eigenvalue weighted by molar-refractivity contribution is 0.112. The molecule has 0 saturated carbocycles. The highest BCUT2D eigenvalue weighted by atomic mass is 35.5. The van der Waals surface area contributed by atoms with Crippen molar-refractivity contribution in [2.24, 2.45) is 0 Å². The fourth-order valence-electron chi connectivity index (χ4n) is 2.54. The fraction of sp³-hybridized carbons (Fsp3) is 0.615. The van der Waals surface area contributed by atoms with Gasteiger partial charge in [-0.05, 0) is 32.9 Å². The van der Waals surface area contributed by atoms with Gasteiger partial charge in [-0.15, -0.1) is 0 Å². The number of rotatable bonds is 5. The van der Waals surface area contributed by atoms with Gasteiger partial charge in [0.15, 0.2) is 6.29 Å². The number of nitrogens with zero attached hydrogens (tertiary/aromatic N) is 3. The standard InChI is InChI=1S/C13H19ClN4O/c1-3-18-6-4-5-10(18)7-15-13-11(8-19)12(14)16-9(2)17-13/h8,10H,3-7H2,1-2H3,(H,15,16,17). The number of hydrogen-bond acceptors (Lipinski definition) is 5. The third kappa shape index (κ3) is 3.22. The topological polar surface area (TPSA) is 58.1 Å². The Labute approximate surface area is 118 Å². The Balaban J connectivity index is 2.08. The van der Waals surface area contributed by atoms with Crippen molar-refractivity contribution in [1.82, 2.24) is 14.9 Å². The number of halogens is 1. The van der Waals surface area contributed by atoms with Gasteiger partial charge >= 0.3 is 0 Å². The monoisotopic (exact) mass is 282 g/mol. The molecular formula is C13H19ClN4O. The van der Waals surface area contributed by atoms with Crippen molar-refractivity contribution in [2.45, 2.75) is 32.7 Å². The maximum absolute atomic E-state index is 11.1. The van der Waals surface area contributed by atoms with Crippen LogP contribution < -0.4 is 5.32 Å². The molecule has 0 bridgehead atoms. The molecule has 0 radical (unpaired) electrons. The summed E-state index contributed by atoms with van der Waals surface area (Å²) in [6.07, 6.45) is 3.11. The number of likely N-dealkylation sites (N-methyl/N-ethyl adjacent to an activating group) is 1. The van der Waals surface area contributed by atoms with Crippen LogP contribution in [0.1, 0.15) is 35.9 Å². The van der Waals surface area contributed by atoms with Crippen molar-refractivity contribution < 1.29 is 4.79 Å². The summed E-state index contributed by atoms with van der Waals surface area (Å²) in [5.74, 6) is 1.10. The lowest BCUT2D eigenvalue weighted by atomic mass is 10.2. The fourth-order valence-corrected chi connectivity index (χ4v) is 2.80. The van der Waals surface area contributed by atoms with E-state index in [0.29, 0.717) is 29.5 Å². The second-order valence-corrected chi connectivity index (χ2v) is 5.11. The van der Waals surface area contributed by atoms with Crippen LogP contribution in [-0.2, 0) is 0 Å². The Morgan fingerprint density at radius 2 is 2.32 bits per heavy atom. The molecule has 5 nitrogen and oxygen atoms in total. The van der Waals surface area contributed by atoms with E-state index in [0.717, 1.165) is 19.6 Å². The predicted molar refractivity (Wildman–Crippen MR) is 75.9 cm³/mol. The number of carbonyl (C=O) groups excluding carboxylic acids is 1. The van der Waals surface area contributed by atoms with Crippen LogP contribution in [0.25, 0.3) is 0 Å². The van der Waals surface area contributed by atoms with Crippen molar-refractivity contribution in [3.05, 3.63) is 16.5 Å². The minimum atomic E-state index is 0.212. The Kier molecular flexibility index (Phi) is 4.71. The molecule has 1 unspecified atom stereocenters. The Bertz CT molecular complexity index is 466. The summed E-state index contributed by atoms with van der Waals surface area (Å²) in [5.41, 5.74) is 0.341. The van der Waals surface area contributed by atoms with E-state index in [1.54, 1.807) is 6.92 Å². The van der Waals surface area contributed by atoms with Crippen molar-refractivity contribution in [3.63, 3.8) is 0 Å². The summed E-state index contributed by atoms with van der Waals surface area (Å²) in [5, 5.41) is 3.46. The number of aryl methyl sites for hydroxylation is 1. The highest BCUT2D eigenvalue weighted by Crippen LogP contribution is 2.21. The van der Waals surface area contributed by atoms with Gasteiger partial charge in [-0.1, -0.05) is 18.5 Å². The molecule has 1 aliphatic rings. The van der Waals surface area contributed by atoms with Crippen LogP contribution in [0.3, 0.4) is 0 Å². The lowest BCUT2D eigenvalue weighted by Gasteiger charge is -2.23. The first-order chi connectivity index (χ1) is 9.15. The van der Waals surface area contributed by atoms with E-state index in [1.165, 1.54) is 12.8 Å². The summed E-state index contributed by atoms with van der Waals surface area (Å²) in [4.78, 5) is 21.7. The van der Waals surface area contributed by atoms with E-state index in [9.17, 15) is 4.79 Å². The van der Waals surface area contributed by atoms with Crippen LogP contribution >= 0.6 is 11.6 Å². The highest BCUT2D eigenvalue weighted by Gasteiger charge is 2.23. The zero-order valence-electron chi connectivity index (χ0n) is 11.3. The number of likely N-dealkylation sites (tertiary alicyclic amines) is 1. The molecule has 1 fully saturated rings. The van der Waals surface area contributed by atoms with E-state index in [4.69, 9.17) is 11.6 Å². The third-order valence-electron chi connectivity index (χ3n) is 3.54. The molecule has 2 rings (SSSR count). The van der Waals surface area contributed by atoms with Gasteiger partial charge in [-0.2, -0.15) is 0 Å². The van der Waals surface area contributed by atoms with Crippen molar-refractivity contribution >= 4 is 23.7 Å². The van der Waals surface area contributed by atoms with Gasteiger partial charge in [0, 0.05) is 12.6 Å². The Morgan fingerprint density at radius 3 is 3.00 bits per heavy atom. The smallest absolute Gasteiger partial charge is 0.156 e. The van der Waals surface area contributed by atoms with Crippen molar-refractivity contribution in [1.29, 1.82) is 0 Å². The molecule has 1 aromatic rings. The summed E-state index contributed by atoms with van der Waals surface area (Å²) in [6, 6.07) is 0.499. The zero-order chi connectivity index (χ0) is 13.8. The van der Waals surface area contributed by atoms with Crippen LogP contribution in [0.4, 0.5) is 5.82 Å². The molecule has 19 heavy (non-hydrogen) atoms. The summed E-state index contributed by atoms with van der Waals surface area (Å²) >= 11 is 5.95. The number of aromatic nitrogens is 2. The first kappa shape index (κ1) is 14.2. The number of nitrogens with one attached hydrogen (secondary N) is 1. The molecule has 0 aliphatic carbocycles. The number of anilines is 1. The van der Waals surface area contributed by atoms with Crippen LogP contribution in [-0.4, -0.2) is 46.8 Å². The second-order valence-electron chi connectivity index (χ2n) is 4.75. The second kappa shape index (κ2) is 6.30. The molecule has 0 aromatic carbocycles. The van der Waals surface area contributed by atoms with Gasteiger partial charge in [-0.25, -0.2) is 9.97 Å². The van der Waals surface area contributed by atoms with Crippen molar-refractivity contribution in [3.8, 4) is 0 Å². The van der Waals surface area contributed by atoms with Gasteiger partial charge < -0.3 is 5.32 Å². The van der Waals surface area contributed by atoms with Crippen LogP contribution in [0.5, 0.6) is 0 Å². The van der Waals surface area contributed by atoms with Crippen LogP contribution in [0.15, 0.2) is 0 Å². The lowest BCUT2D eigenvalue weighted by Crippen LogP contribution is -2.35. The molecule has 0 amide bonds. The number of carbonyl (C=O) groups is 1. The summed E-state index contributed by atoms with van der Waals surface area (Å²) < 4.78 is 0. The Morgan fingerprint density at radius 1 is 1.53 bits per heavy atom. The number of hydrogen-bond donors (Lipinski definition) is 1. The molecule has 1 aromatic heterocycles. The van der Waals surface area contributed by atoms with E-state index < -0.39 is 0 Å². The van der Waals surface area contributed by atoms with Crippen LogP contribution in [0, 0.1) is 6.92 Å². The molecule has 1 saturated heterocycles. The van der Waals surface area contributed by atoms with E-state index in [1.807, 2.05) is 0 Å². The van der Waals surface area contributed by atoms with E-state index >= 15 is 0 Å². The first-order valence-electron chi connectivity index (χ1n) is 6.63. The van der Waals surface area contributed by atoms with Gasteiger partial charge in [-0.3, -0.25) is 9.69 Å². The molecule has 2 heterocycles. The quantitative estimate of drug-likeness (QED) is 0.662. The van der Waals surface area contributed by atoms with E-state index in [2.05, 4.69) is 27.1 Å². The maximum atomic E-state index is 11.1. The molecule has 104 valence electrons. The number of aldehydes is 1. The van der Waals surface area contributed by atoms with Crippen molar-refractivity contribution in [2.75, 3.05) is 25.0 Å². The molecule has 6 heteroatoms. The third-order valence-corrected chi connectivity index (χ3v) is 3.83. The van der Waals surface area contributed by atoms with Gasteiger partial charge in [0.05, 0.1) is 5.56 Å². The molecule has 1 N–H and O–H groups in total. The average molecular weight is 283 g/mol. The zero-order valence-corrected chi connectivity index (χ0v) is 12.1. The van der Waals surface area contributed by atoms with Crippen LogP contribution in [0.2, 0.25) is 5.15 Å². The minimum absolute atomic E-state index is 0.212. The average Bonchev–Trinajstić information content (AvgIpc) is 2.83. The van der Waals surface area contributed by atoms with Gasteiger partial charge in [0.1, 0.15) is 16.8 Å². The SMILES string of the molecule is CCN1CCCC1CNc1nc(C)nc(Cl)c1C=O. The highest BCUT2D eigenvalue weighted by molar-refractivity contribution is 6.32. The molecule has 1 aliphatic heterocycles. The largest absolute Gasteiger partial charge is 0.368 e. The molecule has 1 atom stereocenters. The first-order valence-corrected chi connectivity index (χ1v) is 7.00. The normalized spacial score (nSPS) is 19.6. The summed E-state index contributed by atoms with van der Waals surface area (Å²) in [6.45, 7) is 6.91. The molecule has 0 spiro atoms. The molecular weight excluding hydrogens is 264 g/mol. The van der Waals surface area contributed by atoms with Gasteiger partial charge in [0.25, 0.3) is 0 Å².